The Balaban J connectivity index is 1.50. The normalized spacial score (nSPS) is 17.4. The molecule has 1 aromatic carbocycles. The molecule has 1 fully saturated rings. The number of carbonyl (C=O) groups excluding carboxylic acids is 1. The Bertz CT molecular complexity index is 898. The molecule has 1 amide bonds. The predicted octanol–water partition coefficient (Wildman–Crippen LogP) is 3.51. The van der Waals surface area contributed by atoms with Crippen LogP contribution in [0.5, 0.6) is 0 Å². The molecular formula is C20H25N5OS. The summed E-state index contributed by atoms with van der Waals surface area (Å²) in [4.78, 5) is 20.2. The standard InChI is InChI=1S/C20H25N5OS/c1-3-10-21-18(26)16-5-4-11-24(12-16)20-23-25-13-17(22-19(25)27-20)15-8-6-14(2)7-9-15/h6-9,13,16H,3-5,10-12H2,1-2H3,(H,21,26). The maximum atomic E-state index is 12.3. The number of nitrogens with zero attached hydrogens (tertiary/aromatic N) is 4. The van der Waals surface area contributed by atoms with Gasteiger partial charge < -0.3 is 10.2 Å². The molecule has 2 aromatic heterocycles. The molecule has 1 aliphatic heterocycles. The SMILES string of the molecule is CCCNC(=O)C1CCCN(c2nn3cc(-c4ccc(C)cc4)nc3s2)C1. The van der Waals surface area contributed by atoms with Crippen molar-refractivity contribution in [1.82, 2.24) is 19.9 Å². The van der Waals surface area contributed by atoms with Crippen molar-refractivity contribution in [1.29, 1.82) is 0 Å². The third kappa shape index (κ3) is 3.83. The van der Waals surface area contributed by atoms with Crippen LogP contribution < -0.4 is 10.2 Å². The van der Waals surface area contributed by atoms with Gasteiger partial charge >= 0.3 is 0 Å². The van der Waals surface area contributed by atoms with Gasteiger partial charge in [0.05, 0.1) is 17.8 Å². The number of piperidine rings is 1. The van der Waals surface area contributed by atoms with Crippen molar-refractivity contribution in [3.05, 3.63) is 36.0 Å². The third-order valence-electron chi connectivity index (χ3n) is 4.99. The molecule has 0 saturated carbocycles. The Kier molecular flexibility index (Phi) is 5.11. The summed E-state index contributed by atoms with van der Waals surface area (Å²) in [7, 11) is 0. The summed E-state index contributed by atoms with van der Waals surface area (Å²) in [5, 5.41) is 8.69. The zero-order valence-corrected chi connectivity index (χ0v) is 16.6. The number of imidazole rings is 1. The predicted molar refractivity (Wildman–Crippen MR) is 109 cm³/mol. The van der Waals surface area contributed by atoms with Gasteiger partial charge in [0.25, 0.3) is 0 Å². The summed E-state index contributed by atoms with van der Waals surface area (Å²) in [6.45, 7) is 6.58. The first-order chi connectivity index (χ1) is 13.1. The lowest BCUT2D eigenvalue weighted by atomic mass is 9.97. The fraction of sp³-hybridized carbons (Fsp3) is 0.450. The molecule has 1 aliphatic rings. The van der Waals surface area contributed by atoms with Crippen molar-refractivity contribution in [2.45, 2.75) is 33.1 Å². The number of aromatic nitrogens is 3. The Morgan fingerprint density at radius 3 is 2.89 bits per heavy atom. The lowest BCUT2D eigenvalue weighted by molar-refractivity contribution is -0.125. The van der Waals surface area contributed by atoms with E-state index in [1.165, 1.54) is 5.56 Å². The number of fused-ring (bicyclic) bond motifs is 1. The van der Waals surface area contributed by atoms with Gasteiger partial charge in [0.1, 0.15) is 0 Å². The molecule has 0 spiro atoms. The number of hydrogen-bond acceptors (Lipinski definition) is 5. The van der Waals surface area contributed by atoms with Gasteiger partial charge in [0, 0.05) is 25.2 Å². The number of anilines is 1. The molecule has 142 valence electrons. The Hall–Kier alpha value is -2.41. The molecule has 0 bridgehead atoms. The molecule has 6 nitrogen and oxygen atoms in total. The maximum Gasteiger partial charge on any atom is 0.224 e. The lowest BCUT2D eigenvalue weighted by Crippen LogP contribution is -2.43. The minimum atomic E-state index is 0.0460. The number of aryl methyl sites for hydroxylation is 1. The minimum Gasteiger partial charge on any atom is -0.356 e. The van der Waals surface area contributed by atoms with Crippen molar-refractivity contribution in [3.8, 4) is 11.3 Å². The van der Waals surface area contributed by atoms with E-state index in [2.05, 4.69) is 48.3 Å². The number of carbonyl (C=O) groups is 1. The number of amides is 1. The number of benzene rings is 1. The summed E-state index contributed by atoms with van der Waals surface area (Å²) in [6.07, 6.45) is 4.91. The van der Waals surface area contributed by atoms with E-state index in [1.54, 1.807) is 11.3 Å². The average Bonchev–Trinajstić information content (AvgIpc) is 3.26. The van der Waals surface area contributed by atoms with Crippen LogP contribution in [0.25, 0.3) is 16.2 Å². The van der Waals surface area contributed by atoms with E-state index in [4.69, 9.17) is 10.1 Å². The van der Waals surface area contributed by atoms with E-state index in [9.17, 15) is 4.79 Å². The second-order valence-electron chi connectivity index (χ2n) is 7.18. The van der Waals surface area contributed by atoms with E-state index in [0.29, 0.717) is 0 Å². The monoisotopic (exact) mass is 383 g/mol. The van der Waals surface area contributed by atoms with Crippen LogP contribution in [-0.2, 0) is 4.79 Å². The van der Waals surface area contributed by atoms with Crippen molar-refractivity contribution in [2.24, 2.45) is 5.92 Å². The molecule has 0 aliphatic carbocycles. The van der Waals surface area contributed by atoms with Crippen molar-refractivity contribution >= 4 is 27.3 Å². The molecule has 1 saturated heterocycles. The Morgan fingerprint density at radius 1 is 1.33 bits per heavy atom. The van der Waals surface area contributed by atoms with Gasteiger partial charge in [-0.05, 0) is 26.2 Å². The van der Waals surface area contributed by atoms with Gasteiger partial charge in [0.15, 0.2) is 0 Å². The molecule has 3 aromatic rings. The number of nitrogens with one attached hydrogen (secondary N) is 1. The van der Waals surface area contributed by atoms with E-state index in [-0.39, 0.29) is 11.8 Å². The summed E-state index contributed by atoms with van der Waals surface area (Å²) in [5.41, 5.74) is 3.28. The van der Waals surface area contributed by atoms with Gasteiger partial charge in [-0.15, -0.1) is 5.10 Å². The highest BCUT2D eigenvalue weighted by Gasteiger charge is 2.27. The molecule has 7 heteroatoms. The second kappa shape index (κ2) is 7.68. The minimum absolute atomic E-state index is 0.0460. The van der Waals surface area contributed by atoms with Crippen LogP contribution in [0.2, 0.25) is 0 Å². The highest BCUT2D eigenvalue weighted by molar-refractivity contribution is 7.20. The molecule has 27 heavy (non-hydrogen) atoms. The molecule has 4 rings (SSSR count). The highest BCUT2D eigenvalue weighted by Crippen LogP contribution is 2.29. The quantitative estimate of drug-likeness (QED) is 0.732. The van der Waals surface area contributed by atoms with Crippen LogP contribution in [-0.4, -0.2) is 40.1 Å². The van der Waals surface area contributed by atoms with E-state index in [1.807, 2.05) is 10.7 Å². The molecule has 1 N–H and O–H groups in total. The third-order valence-corrected chi connectivity index (χ3v) is 5.98. The van der Waals surface area contributed by atoms with Crippen LogP contribution in [0.4, 0.5) is 5.13 Å². The molecule has 1 unspecified atom stereocenters. The van der Waals surface area contributed by atoms with Crippen LogP contribution in [0, 0.1) is 12.8 Å². The van der Waals surface area contributed by atoms with Gasteiger partial charge in [-0.3, -0.25) is 4.79 Å². The first kappa shape index (κ1) is 18.0. The smallest absolute Gasteiger partial charge is 0.224 e. The first-order valence-corrected chi connectivity index (χ1v) is 10.4. The second-order valence-corrected chi connectivity index (χ2v) is 8.11. The number of rotatable bonds is 5. The fourth-order valence-corrected chi connectivity index (χ4v) is 4.36. The molecule has 0 radical (unpaired) electrons. The molecular weight excluding hydrogens is 358 g/mol. The van der Waals surface area contributed by atoms with Gasteiger partial charge in [0.2, 0.25) is 16.0 Å². The van der Waals surface area contributed by atoms with Crippen molar-refractivity contribution in [3.63, 3.8) is 0 Å². The van der Waals surface area contributed by atoms with Gasteiger partial charge in [-0.1, -0.05) is 48.1 Å². The zero-order valence-electron chi connectivity index (χ0n) is 15.8. The van der Waals surface area contributed by atoms with Crippen LogP contribution >= 0.6 is 11.3 Å². The van der Waals surface area contributed by atoms with Crippen LogP contribution in [0.1, 0.15) is 31.7 Å². The van der Waals surface area contributed by atoms with Crippen LogP contribution in [0.15, 0.2) is 30.5 Å². The topological polar surface area (TPSA) is 62.5 Å². The average molecular weight is 384 g/mol. The number of hydrogen-bond donors (Lipinski definition) is 1. The lowest BCUT2D eigenvalue weighted by Gasteiger charge is -2.31. The van der Waals surface area contributed by atoms with E-state index in [0.717, 1.165) is 60.2 Å². The first-order valence-electron chi connectivity index (χ1n) is 9.60. The largest absolute Gasteiger partial charge is 0.356 e. The van der Waals surface area contributed by atoms with Crippen LogP contribution in [0.3, 0.4) is 0 Å². The summed E-state index contributed by atoms with van der Waals surface area (Å²) < 4.78 is 1.86. The van der Waals surface area contributed by atoms with Crippen molar-refractivity contribution < 1.29 is 4.79 Å². The Morgan fingerprint density at radius 2 is 2.15 bits per heavy atom. The highest BCUT2D eigenvalue weighted by atomic mass is 32.1. The van der Waals surface area contributed by atoms with Crippen molar-refractivity contribution in [2.75, 3.05) is 24.5 Å². The molecule has 1 atom stereocenters. The zero-order chi connectivity index (χ0) is 18.8. The Labute approximate surface area is 163 Å². The van der Waals surface area contributed by atoms with E-state index < -0.39 is 0 Å². The van der Waals surface area contributed by atoms with E-state index >= 15 is 0 Å². The maximum absolute atomic E-state index is 12.3. The summed E-state index contributed by atoms with van der Waals surface area (Å²) in [6, 6.07) is 8.37. The summed E-state index contributed by atoms with van der Waals surface area (Å²) in [5.74, 6) is 0.217. The molecule has 3 heterocycles. The fourth-order valence-electron chi connectivity index (χ4n) is 3.44. The van der Waals surface area contributed by atoms with Gasteiger partial charge in [-0.2, -0.15) is 0 Å². The van der Waals surface area contributed by atoms with Gasteiger partial charge in [-0.25, -0.2) is 9.50 Å². The summed E-state index contributed by atoms with van der Waals surface area (Å²) >= 11 is 1.59.